The zero-order valence-electron chi connectivity index (χ0n) is 20.7. The first kappa shape index (κ1) is 24.2. The maximum atomic E-state index is 15.2. The van der Waals surface area contributed by atoms with E-state index in [-0.39, 0.29) is 5.92 Å². The van der Waals surface area contributed by atoms with Crippen LogP contribution in [0, 0.1) is 35.3 Å². The second-order valence-corrected chi connectivity index (χ2v) is 11.5. The van der Waals surface area contributed by atoms with Crippen LogP contribution >= 0.6 is 0 Å². The Balaban J connectivity index is 1.35. The molecular formula is C30H46F2. The van der Waals surface area contributed by atoms with Crippen LogP contribution in [0.25, 0.3) is 0 Å². The van der Waals surface area contributed by atoms with E-state index in [9.17, 15) is 0 Å². The molecule has 180 valence electrons. The standard InChI is InChI=1S/C30H46F2/c1-3-5-6-7-8-10-22-11-13-24-19-25(16-15-23(24)17-22)28-20-26-14-12-21(9-4-2)18-27(26)29(31)30(28)32/h20-25H,3-19H2,1-2H3. The van der Waals surface area contributed by atoms with Crippen molar-refractivity contribution in [3.05, 3.63) is 34.4 Å². The lowest BCUT2D eigenvalue weighted by atomic mass is 9.63. The molecule has 2 fully saturated rings. The number of unbranched alkanes of at least 4 members (excludes halogenated alkanes) is 4. The molecule has 0 nitrogen and oxygen atoms in total. The number of halogens is 2. The van der Waals surface area contributed by atoms with Gasteiger partial charge in [-0.1, -0.05) is 77.7 Å². The summed E-state index contributed by atoms with van der Waals surface area (Å²) in [6.07, 6.45) is 20.8. The lowest BCUT2D eigenvalue weighted by molar-refractivity contribution is 0.112. The van der Waals surface area contributed by atoms with Crippen molar-refractivity contribution < 1.29 is 8.78 Å². The Kier molecular flexibility index (Phi) is 8.68. The minimum atomic E-state index is -0.509. The first-order valence-electron chi connectivity index (χ1n) is 14.1. The van der Waals surface area contributed by atoms with Gasteiger partial charge in [-0.05, 0) is 97.6 Å². The molecule has 0 saturated heterocycles. The van der Waals surface area contributed by atoms with Crippen molar-refractivity contribution in [2.45, 2.75) is 129 Å². The van der Waals surface area contributed by atoms with Crippen molar-refractivity contribution in [3.63, 3.8) is 0 Å². The molecule has 4 rings (SSSR count). The number of hydrogen-bond acceptors (Lipinski definition) is 0. The molecule has 3 aliphatic carbocycles. The summed E-state index contributed by atoms with van der Waals surface area (Å²) in [5, 5.41) is 0. The number of benzene rings is 1. The average Bonchev–Trinajstić information content (AvgIpc) is 2.81. The van der Waals surface area contributed by atoms with Gasteiger partial charge in [0.2, 0.25) is 0 Å². The van der Waals surface area contributed by atoms with Crippen LogP contribution in [0.15, 0.2) is 6.07 Å². The molecule has 0 heterocycles. The first-order valence-corrected chi connectivity index (χ1v) is 14.1. The van der Waals surface area contributed by atoms with Crippen LogP contribution in [-0.4, -0.2) is 0 Å². The molecule has 0 aliphatic heterocycles. The largest absolute Gasteiger partial charge is 0.203 e. The number of hydrogen-bond donors (Lipinski definition) is 0. The Morgan fingerprint density at radius 3 is 2.34 bits per heavy atom. The Bertz CT molecular complexity index is 739. The summed E-state index contributed by atoms with van der Waals surface area (Å²) in [6.45, 7) is 4.47. The van der Waals surface area contributed by atoms with Crippen LogP contribution in [0.5, 0.6) is 0 Å². The van der Waals surface area contributed by atoms with Crippen LogP contribution in [0.2, 0.25) is 0 Å². The summed E-state index contributed by atoms with van der Waals surface area (Å²) in [4.78, 5) is 0. The molecular weight excluding hydrogens is 398 g/mol. The first-order chi connectivity index (χ1) is 15.6. The number of aryl methyl sites for hydroxylation is 1. The highest BCUT2D eigenvalue weighted by molar-refractivity contribution is 5.38. The summed E-state index contributed by atoms with van der Waals surface area (Å²) < 4.78 is 30.3. The van der Waals surface area contributed by atoms with Gasteiger partial charge in [-0.2, -0.15) is 0 Å². The Hall–Kier alpha value is -0.920. The van der Waals surface area contributed by atoms with E-state index in [4.69, 9.17) is 0 Å². The predicted molar refractivity (Wildman–Crippen MR) is 131 cm³/mol. The highest BCUT2D eigenvalue weighted by Crippen LogP contribution is 2.49. The third-order valence-electron chi connectivity index (χ3n) is 9.32. The predicted octanol–water partition coefficient (Wildman–Crippen LogP) is 9.53. The van der Waals surface area contributed by atoms with E-state index in [1.807, 2.05) is 0 Å². The molecule has 0 amide bonds. The normalized spacial score (nSPS) is 30.1. The fourth-order valence-corrected chi connectivity index (χ4v) is 7.45. The highest BCUT2D eigenvalue weighted by atomic mass is 19.2. The van der Waals surface area contributed by atoms with E-state index in [0.29, 0.717) is 17.0 Å². The summed E-state index contributed by atoms with van der Waals surface area (Å²) in [6, 6.07) is 2.09. The van der Waals surface area contributed by atoms with Gasteiger partial charge < -0.3 is 0 Å². The topological polar surface area (TPSA) is 0 Å². The van der Waals surface area contributed by atoms with Gasteiger partial charge >= 0.3 is 0 Å². The van der Waals surface area contributed by atoms with E-state index < -0.39 is 11.6 Å². The smallest absolute Gasteiger partial charge is 0.162 e. The molecule has 2 heteroatoms. The maximum Gasteiger partial charge on any atom is 0.162 e. The molecule has 1 aromatic carbocycles. The van der Waals surface area contributed by atoms with Crippen molar-refractivity contribution in [2.24, 2.45) is 23.7 Å². The molecule has 5 unspecified atom stereocenters. The molecule has 32 heavy (non-hydrogen) atoms. The van der Waals surface area contributed by atoms with Crippen molar-refractivity contribution in [3.8, 4) is 0 Å². The zero-order chi connectivity index (χ0) is 22.5. The van der Waals surface area contributed by atoms with Crippen molar-refractivity contribution in [2.75, 3.05) is 0 Å². The number of fused-ring (bicyclic) bond motifs is 2. The van der Waals surface area contributed by atoms with E-state index in [1.54, 1.807) is 0 Å². The molecule has 0 bridgehead atoms. The Labute approximate surface area is 196 Å². The molecule has 0 spiro atoms. The molecule has 0 radical (unpaired) electrons. The Morgan fingerprint density at radius 2 is 1.53 bits per heavy atom. The summed E-state index contributed by atoms with van der Waals surface area (Å²) in [5.74, 6) is 2.23. The van der Waals surface area contributed by atoms with E-state index >= 15 is 8.78 Å². The fraction of sp³-hybridized carbons (Fsp3) is 0.800. The minimum absolute atomic E-state index is 0.231. The van der Waals surface area contributed by atoms with Crippen molar-refractivity contribution in [1.82, 2.24) is 0 Å². The van der Waals surface area contributed by atoms with Gasteiger partial charge in [-0.25, -0.2) is 8.78 Å². The summed E-state index contributed by atoms with van der Waals surface area (Å²) in [5.41, 5.74) is 2.52. The van der Waals surface area contributed by atoms with Crippen LogP contribution < -0.4 is 0 Å². The second kappa shape index (κ2) is 11.5. The van der Waals surface area contributed by atoms with E-state index in [0.717, 1.165) is 68.3 Å². The molecule has 5 atom stereocenters. The van der Waals surface area contributed by atoms with Gasteiger partial charge in [-0.15, -0.1) is 0 Å². The minimum Gasteiger partial charge on any atom is -0.203 e. The van der Waals surface area contributed by atoms with Crippen molar-refractivity contribution in [1.29, 1.82) is 0 Å². The van der Waals surface area contributed by atoms with E-state index in [1.165, 1.54) is 64.2 Å². The molecule has 3 aliphatic rings. The third kappa shape index (κ3) is 5.58. The summed E-state index contributed by atoms with van der Waals surface area (Å²) >= 11 is 0. The molecule has 2 saturated carbocycles. The van der Waals surface area contributed by atoms with Crippen LogP contribution in [0.1, 0.15) is 133 Å². The number of rotatable bonds is 9. The fourth-order valence-electron chi connectivity index (χ4n) is 7.45. The zero-order valence-corrected chi connectivity index (χ0v) is 20.7. The quantitative estimate of drug-likeness (QED) is 0.333. The third-order valence-corrected chi connectivity index (χ3v) is 9.32. The average molecular weight is 445 g/mol. The lowest BCUT2D eigenvalue weighted by Crippen LogP contribution is -2.31. The summed E-state index contributed by atoms with van der Waals surface area (Å²) in [7, 11) is 0. The Morgan fingerprint density at radius 1 is 0.750 bits per heavy atom. The van der Waals surface area contributed by atoms with Gasteiger partial charge in [0.15, 0.2) is 11.6 Å². The van der Waals surface area contributed by atoms with Gasteiger partial charge in [0, 0.05) is 0 Å². The molecule has 0 aromatic heterocycles. The SMILES string of the molecule is CCCCCCCC1CCC2CC(c3cc4c(c(F)c3F)CC(CCC)CC4)CCC2C1. The highest BCUT2D eigenvalue weighted by Gasteiger charge is 2.37. The van der Waals surface area contributed by atoms with Crippen LogP contribution in [0.3, 0.4) is 0 Å². The molecule has 1 aromatic rings. The molecule has 0 N–H and O–H groups in total. The maximum absolute atomic E-state index is 15.2. The van der Waals surface area contributed by atoms with Crippen LogP contribution in [-0.2, 0) is 12.8 Å². The van der Waals surface area contributed by atoms with Gasteiger partial charge in [0.25, 0.3) is 0 Å². The van der Waals surface area contributed by atoms with Gasteiger partial charge in [0.05, 0.1) is 0 Å². The second-order valence-electron chi connectivity index (χ2n) is 11.5. The van der Waals surface area contributed by atoms with Gasteiger partial charge in [0.1, 0.15) is 0 Å². The van der Waals surface area contributed by atoms with E-state index in [2.05, 4.69) is 19.9 Å². The van der Waals surface area contributed by atoms with Crippen molar-refractivity contribution >= 4 is 0 Å². The monoisotopic (exact) mass is 444 g/mol. The van der Waals surface area contributed by atoms with Gasteiger partial charge in [-0.3, -0.25) is 0 Å². The lowest BCUT2D eigenvalue weighted by Gasteiger charge is -2.42. The van der Waals surface area contributed by atoms with Crippen LogP contribution in [0.4, 0.5) is 8.78 Å².